The summed E-state index contributed by atoms with van der Waals surface area (Å²) in [7, 11) is 0. The van der Waals surface area contributed by atoms with Crippen LogP contribution in [0.2, 0.25) is 10.0 Å². The van der Waals surface area contributed by atoms with E-state index in [1.165, 1.54) is 6.33 Å². The van der Waals surface area contributed by atoms with E-state index in [1.54, 1.807) is 29.5 Å². The molecule has 0 aliphatic carbocycles. The van der Waals surface area contributed by atoms with Gasteiger partial charge in [0.15, 0.2) is 6.61 Å². The van der Waals surface area contributed by atoms with Gasteiger partial charge in [0.2, 0.25) is 5.88 Å². The van der Waals surface area contributed by atoms with Crippen LogP contribution in [-0.2, 0) is 4.79 Å². The first-order valence-corrected chi connectivity index (χ1v) is 9.52. The Bertz CT molecular complexity index is 974. The maximum absolute atomic E-state index is 12.3. The summed E-state index contributed by atoms with van der Waals surface area (Å²) >= 11 is 13.7. The number of thiophene rings is 1. The fourth-order valence-corrected chi connectivity index (χ4v) is 4.17. The van der Waals surface area contributed by atoms with Crippen LogP contribution in [0.1, 0.15) is 29.0 Å². The highest BCUT2D eigenvalue weighted by Crippen LogP contribution is 2.33. The average Bonchev–Trinajstić information content (AvgIpc) is 2.88. The fraction of sp³-hybridized carbons (Fsp3) is 0.278. The van der Waals surface area contributed by atoms with Crippen LogP contribution in [-0.4, -0.2) is 22.5 Å². The predicted molar refractivity (Wildman–Crippen MR) is 105 cm³/mol. The molecule has 0 saturated carbocycles. The Morgan fingerprint density at radius 1 is 1.31 bits per heavy atom. The summed E-state index contributed by atoms with van der Waals surface area (Å²) in [4.78, 5) is 22.7. The zero-order chi connectivity index (χ0) is 18.8. The Balaban J connectivity index is 1.68. The van der Waals surface area contributed by atoms with Crippen LogP contribution >= 0.6 is 34.5 Å². The lowest BCUT2D eigenvalue weighted by atomic mass is 10.1. The van der Waals surface area contributed by atoms with Gasteiger partial charge in [-0.05, 0) is 44.0 Å². The minimum atomic E-state index is -0.272. The van der Waals surface area contributed by atoms with E-state index in [4.69, 9.17) is 27.9 Å². The van der Waals surface area contributed by atoms with E-state index in [-0.39, 0.29) is 18.6 Å². The quantitative estimate of drug-likeness (QED) is 0.652. The van der Waals surface area contributed by atoms with Gasteiger partial charge in [-0.2, -0.15) is 0 Å². The summed E-state index contributed by atoms with van der Waals surface area (Å²) in [5.41, 5.74) is 1.86. The van der Waals surface area contributed by atoms with Crippen LogP contribution in [0.3, 0.4) is 0 Å². The second-order valence-corrected chi connectivity index (χ2v) is 7.93. The Morgan fingerprint density at radius 3 is 2.81 bits per heavy atom. The van der Waals surface area contributed by atoms with Crippen LogP contribution in [0.25, 0.3) is 10.2 Å². The summed E-state index contributed by atoms with van der Waals surface area (Å²) in [6.07, 6.45) is 1.45. The molecule has 5 nitrogen and oxygen atoms in total. The van der Waals surface area contributed by atoms with E-state index in [0.29, 0.717) is 15.9 Å². The molecule has 0 fully saturated rings. The van der Waals surface area contributed by atoms with Crippen molar-refractivity contribution >= 4 is 50.7 Å². The van der Waals surface area contributed by atoms with Gasteiger partial charge in [0.1, 0.15) is 11.2 Å². The molecule has 1 amide bonds. The first-order chi connectivity index (χ1) is 12.4. The molecule has 0 bridgehead atoms. The number of aromatic nitrogens is 2. The van der Waals surface area contributed by atoms with Crippen molar-refractivity contribution in [3.8, 4) is 5.88 Å². The van der Waals surface area contributed by atoms with Gasteiger partial charge in [-0.25, -0.2) is 9.97 Å². The maximum atomic E-state index is 12.3. The second-order valence-electron chi connectivity index (χ2n) is 5.89. The monoisotopic (exact) mass is 409 g/mol. The molecule has 0 aliphatic heterocycles. The van der Waals surface area contributed by atoms with Crippen molar-refractivity contribution in [2.45, 2.75) is 26.8 Å². The molecule has 1 atom stereocenters. The van der Waals surface area contributed by atoms with E-state index in [2.05, 4.69) is 15.3 Å². The summed E-state index contributed by atoms with van der Waals surface area (Å²) in [5, 5.41) is 4.78. The number of fused-ring (bicyclic) bond motifs is 1. The summed E-state index contributed by atoms with van der Waals surface area (Å²) < 4.78 is 5.65. The lowest BCUT2D eigenvalue weighted by molar-refractivity contribution is -0.123. The van der Waals surface area contributed by atoms with Crippen molar-refractivity contribution in [3.05, 3.63) is 50.6 Å². The number of rotatable bonds is 5. The zero-order valence-corrected chi connectivity index (χ0v) is 16.8. The molecule has 0 aliphatic rings. The van der Waals surface area contributed by atoms with Crippen molar-refractivity contribution < 1.29 is 9.53 Å². The van der Waals surface area contributed by atoms with E-state index < -0.39 is 0 Å². The summed E-state index contributed by atoms with van der Waals surface area (Å²) in [5.74, 6) is 0.157. The molecule has 0 saturated heterocycles. The van der Waals surface area contributed by atoms with Crippen molar-refractivity contribution in [2.24, 2.45) is 0 Å². The summed E-state index contributed by atoms with van der Waals surface area (Å²) in [6.45, 7) is 5.73. The number of hydrogen-bond donors (Lipinski definition) is 1. The van der Waals surface area contributed by atoms with Crippen LogP contribution in [0.15, 0.2) is 24.5 Å². The standard InChI is InChI=1S/C18H17Cl2N3O2S/c1-9-11(3)26-18-16(9)17(21-8-22-18)25-7-15(24)23-10(2)13-5-4-12(19)6-14(13)20/h4-6,8,10H,7H2,1-3H3,(H,23,24)/t10-/m1/s1. The minimum absolute atomic E-state index is 0.143. The van der Waals surface area contributed by atoms with E-state index >= 15 is 0 Å². The topological polar surface area (TPSA) is 64.1 Å². The number of amides is 1. The van der Waals surface area contributed by atoms with Crippen LogP contribution in [0.4, 0.5) is 0 Å². The molecule has 0 unspecified atom stereocenters. The van der Waals surface area contributed by atoms with Gasteiger partial charge in [-0.15, -0.1) is 11.3 Å². The number of ether oxygens (including phenoxy) is 1. The zero-order valence-electron chi connectivity index (χ0n) is 14.5. The average molecular weight is 410 g/mol. The molecule has 1 N–H and O–H groups in total. The van der Waals surface area contributed by atoms with E-state index in [9.17, 15) is 4.79 Å². The van der Waals surface area contributed by atoms with Gasteiger partial charge in [0.25, 0.3) is 5.91 Å². The van der Waals surface area contributed by atoms with Crippen LogP contribution in [0.5, 0.6) is 5.88 Å². The smallest absolute Gasteiger partial charge is 0.258 e. The molecular weight excluding hydrogens is 393 g/mol. The SMILES string of the molecule is Cc1sc2ncnc(OCC(=O)N[C@H](C)c3ccc(Cl)cc3Cl)c2c1C. The molecular formula is C18H17Cl2N3O2S. The molecule has 2 heterocycles. The van der Waals surface area contributed by atoms with Gasteiger partial charge < -0.3 is 10.1 Å². The summed E-state index contributed by atoms with van der Waals surface area (Å²) in [6, 6.07) is 4.91. The molecule has 1 aromatic carbocycles. The predicted octanol–water partition coefficient (Wildman–Crippen LogP) is 4.87. The Kier molecular flexibility index (Phi) is 5.65. The third kappa shape index (κ3) is 3.92. The third-order valence-electron chi connectivity index (χ3n) is 4.08. The van der Waals surface area contributed by atoms with Crippen molar-refractivity contribution in [3.63, 3.8) is 0 Å². The Hall–Kier alpha value is -1.89. The van der Waals surface area contributed by atoms with Crippen LogP contribution in [0, 0.1) is 13.8 Å². The number of aryl methyl sites for hydroxylation is 2. The molecule has 26 heavy (non-hydrogen) atoms. The van der Waals surface area contributed by atoms with Gasteiger partial charge in [0.05, 0.1) is 11.4 Å². The Morgan fingerprint density at radius 2 is 2.08 bits per heavy atom. The number of nitrogens with zero attached hydrogens (tertiary/aromatic N) is 2. The molecule has 2 aromatic heterocycles. The lowest BCUT2D eigenvalue weighted by Gasteiger charge is -2.16. The molecule has 0 spiro atoms. The number of benzene rings is 1. The fourth-order valence-electron chi connectivity index (χ4n) is 2.61. The first kappa shape index (κ1) is 18.9. The third-order valence-corrected chi connectivity index (χ3v) is 5.75. The highest BCUT2D eigenvalue weighted by molar-refractivity contribution is 7.18. The largest absolute Gasteiger partial charge is 0.467 e. The molecule has 8 heteroatoms. The van der Waals surface area contributed by atoms with Gasteiger partial charge in [-0.3, -0.25) is 4.79 Å². The van der Waals surface area contributed by atoms with E-state index in [0.717, 1.165) is 26.2 Å². The van der Waals surface area contributed by atoms with Gasteiger partial charge >= 0.3 is 0 Å². The number of halogens is 2. The van der Waals surface area contributed by atoms with Gasteiger partial charge in [-0.1, -0.05) is 29.3 Å². The molecule has 136 valence electrons. The number of nitrogens with one attached hydrogen (secondary N) is 1. The molecule has 3 rings (SSSR count). The maximum Gasteiger partial charge on any atom is 0.258 e. The highest BCUT2D eigenvalue weighted by Gasteiger charge is 2.16. The molecule has 0 radical (unpaired) electrons. The van der Waals surface area contributed by atoms with Crippen LogP contribution < -0.4 is 10.1 Å². The van der Waals surface area contributed by atoms with Crippen molar-refractivity contribution in [2.75, 3.05) is 6.61 Å². The van der Waals surface area contributed by atoms with Gasteiger partial charge in [0, 0.05) is 14.9 Å². The first-order valence-electron chi connectivity index (χ1n) is 7.94. The van der Waals surface area contributed by atoms with Crippen molar-refractivity contribution in [1.29, 1.82) is 0 Å². The second kappa shape index (κ2) is 7.78. The highest BCUT2D eigenvalue weighted by atomic mass is 35.5. The lowest BCUT2D eigenvalue weighted by Crippen LogP contribution is -2.31. The van der Waals surface area contributed by atoms with E-state index in [1.807, 2.05) is 20.8 Å². The number of carbonyl (C=O) groups excluding carboxylic acids is 1. The number of hydrogen-bond acceptors (Lipinski definition) is 5. The van der Waals surface area contributed by atoms with Crippen molar-refractivity contribution in [1.82, 2.24) is 15.3 Å². The Labute approximate surface area is 165 Å². The molecule has 3 aromatic rings. The number of carbonyl (C=O) groups is 1. The normalized spacial score (nSPS) is 12.2. The minimum Gasteiger partial charge on any atom is -0.467 e.